The molecule has 2 atom stereocenters. The van der Waals surface area contributed by atoms with E-state index in [1.54, 1.807) is 24.3 Å². The third-order valence-electron chi connectivity index (χ3n) is 5.90. The van der Waals surface area contributed by atoms with Crippen molar-refractivity contribution in [1.29, 1.82) is 0 Å². The molecule has 1 fully saturated rings. The maximum absolute atomic E-state index is 12.7. The fraction of sp³-hybridized carbons (Fsp3) is 0.417. The van der Waals surface area contributed by atoms with Gasteiger partial charge in [0.15, 0.2) is 0 Å². The van der Waals surface area contributed by atoms with Crippen LogP contribution in [0.3, 0.4) is 0 Å². The van der Waals surface area contributed by atoms with E-state index in [2.05, 4.69) is 53.2 Å². The minimum Gasteiger partial charge on any atom is -0.465 e. The quantitative estimate of drug-likeness (QED) is 0.676. The van der Waals surface area contributed by atoms with E-state index < -0.39 is 5.97 Å². The van der Waals surface area contributed by atoms with Crippen molar-refractivity contribution in [2.24, 2.45) is 0 Å². The molecule has 2 unspecified atom stereocenters. The van der Waals surface area contributed by atoms with Crippen molar-refractivity contribution >= 4 is 17.6 Å². The normalized spacial score (nSPS) is 17.7. The lowest BCUT2D eigenvalue weighted by atomic mass is 10.1. The first kappa shape index (κ1) is 22.0. The summed E-state index contributed by atoms with van der Waals surface area (Å²) in [4.78, 5) is 29.3. The van der Waals surface area contributed by atoms with Crippen LogP contribution in [0.4, 0.5) is 5.69 Å². The summed E-state index contributed by atoms with van der Waals surface area (Å²) in [5, 5.41) is 2.88. The van der Waals surface area contributed by atoms with E-state index in [1.165, 1.54) is 12.7 Å². The molecule has 0 aliphatic carbocycles. The zero-order valence-electron chi connectivity index (χ0n) is 18.0. The monoisotopic (exact) mass is 409 g/mol. The molecule has 30 heavy (non-hydrogen) atoms. The molecule has 2 aromatic rings. The van der Waals surface area contributed by atoms with Crippen LogP contribution in [-0.4, -0.2) is 61.0 Å². The van der Waals surface area contributed by atoms with E-state index in [9.17, 15) is 9.59 Å². The summed E-state index contributed by atoms with van der Waals surface area (Å²) in [5.74, 6) is -0.581. The summed E-state index contributed by atoms with van der Waals surface area (Å²) in [5.41, 5.74) is 2.16. The van der Waals surface area contributed by atoms with Crippen LogP contribution in [0.25, 0.3) is 0 Å². The van der Waals surface area contributed by atoms with Crippen molar-refractivity contribution in [2.75, 3.05) is 38.6 Å². The Balaban J connectivity index is 1.60. The van der Waals surface area contributed by atoms with Crippen molar-refractivity contribution in [2.45, 2.75) is 32.4 Å². The van der Waals surface area contributed by atoms with Gasteiger partial charge in [-0.25, -0.2) is 4.79 Å². The Labute approximate surface area is 178 Å². The summed E-state index contributed by atoms with van der Waals surface area (Å²) in [7, 11) is 1.34. The minimum atomic E-state index is -0.459. The predicted molar refractivity (Wildman–Crippen MR) is 118 cm³/mol. The number of anilines is 1. The van der Waals surface area contributed by atoms with Crippen LogP contribution >= 0.6 is 0 Å². The molecule has 1 aliphatic heterocycles. The number of benzene rings is 2. The second-order valence-electron chi connectivity index (χ2n) is 7.67. The number of hydrogen-bond donors (Lipinski definition) is 1. The van der Waals surface area contributed by atoms with E-state index >= 15 is 0 Å². The lowest BCUT2D eigenvalue weighted by Crippen LogP contribution is -2.42. The van der Waals surface area contributed by atoms with E-state index in [-0.39, 0.29) is 5.91 Å². The molecule has 3 rings (SSSR count). The largest absolute Gasteiger partial charge is 0.465 e. The molecule has 0 spiro atoms. The fourth-order valence-corrected chi connectivity index (χ4v) is 4.11. The molecule has 160 valence electrons. The number of likely N-dealkylation sites (tertiary alicyclic amines) is 1. The third kappa shape index (κ3) is 5.26. The van der Waals surface area contributed by atoms with Crippen LogP contribution in [0.15, 0.2) is 54.6 Å². The number of nitrogens with zero attached hydrogens (tertiary/aromatic N) is 2. The number of carbonyl (C=O) groups is 2. The Kier molecular flexibility index (Phi) is 7.60. The summed E-state index contributed by atoms with van der Waals surface area (Å²) in [6.45, 7) is 7.37. The highest BCUT2D eigenvalue weighted by Crippen LogP contribution is 2.26. The first-order chi connectivity index (χ1) is 14.5. The molecule has 6 nitrogen and oxygen atoms in total. The molecule has 1 amide bonds. The third-order valence-corrected chi connectivity index (χ3v) is 5.90. The molecule has 6 heteroatoms. The summed E-state index contributed by atoms with van der Waals surface area (Å²) in [6.07, 6.45) is 1.04. The van der Waals surface area contributed by atoms with Gasteiger partial charge in [0.2, 0.25) is 5.91 Å². The van der Waals surface area contributed by atoms with Gasteiger partial charge in [0, 0.05) is 25.2 Å². The summed E-state index contributed by atoms with van der Waals surface area (Å²) in [6, 6.07) is 18.1. The van der Waals surface area contributed by atoms with Gasteiger partial charge >= 0.3 is 5.97 Å². The number of rotatable bonds is 8. The highest BCUT2D eigenvalue weighted by Gasteiger charge is 2.31. The van der Waals surface area contributed by atoms with Crippen molar-refractivity contribution in [3.63, 3.8) is 0 Å². The summed E-state index contributed by atoms with van der Waals surface area (Å²) < 4.78 is 4.81. The molecule has 0 saturated carbocycles. The van der Waals surface area contributed by atoms with Crippen molar-refractivity contribution in [3.8, 4) is 0 Å². The molecule has 2 aromatic carbocycles. The molecule has 0 aromatic heterocycles. The minimum absolute atomic E-state index is 0.122. The molecule has 0 radical (unpaired) electrons. The average Bonchev–Trinajstić information content (AvgIpc) is 3.27. The van der Waals surface area contributed by atoms with Crippen molar-refractivity contribution in [3.05, 3.63) is 65.7 Å². The SMILES string of the molecule is CCN(CC(=O)Nc1ccccc1C(=O)OC)C1CCN(C(C)c2ccccc2)C1. The molecule has 0 bridgehead atoms. The molecular formula is C24H31N3O3. The van der Waals surface area contributed by atoms with Gasteiger partial charge in [-0.05, 0) is 37.6 Å². The topological polar surface area (TPSA) is 61.9 Å². The van der Waals surface area contributed by atoms with Crippen molar-refractivity contribution in [1.82, 2.24) is 9.80 Å². The first-order valence-corrected chi connectivity index (χ1v) is 10.5. The second kappa shape index (κ2) is 10.4. The van der Waals surface area contributed by atoms with Gasteiger partial charge in [0.05, 0.1) is 24.9 Å². The zero-order chi connectivity index (χ0) is 21.5. The zero-order valence-corrected chi connectivity index (χ0v) is 18.0. The molecule has 1 N–H and O–H groups in total. The molecule has 1 heterocycles. The van der Waals surface area contributed by atoms with Gasteiger partial charge < -0.3 is 10.1 Å². The standard InChI is InChI=1S/C24H31N3O3/c1-4-26(17-23(28)25-22-13-9-8-12-21(22)24(29)30-3)20-14-15-27(16-20)18(2)19-10-6-5-7-11-19/h5-13,18,20H,4,14-17H2,1-3H3,(H,25,28). The number of nitrogens with one attached hydrogen (secondary N) is 1. The van der Waals surface area contributed by atoms with E-state index in [1.807, 2.05) is 6.07 Å². The molecular weight excluding hydrogens is 378 g/mol. The van der Waals surface area contributed by atoms with Crippen LogP contribution in [0, 0.1) is 0 Å². The number of ether oxygens (including phenoxy) is 1. The Morgan fingerprint density at radius 3 is 2.57 bits per heavy atom. The average molecular weight is 410 g/mol. The number of amides is 1. The lowest BCUT2D eigenvalue weighted by molar-refractivity contribution is -0.117. The van der Waals surface area contributed by atoms with Gasteiger partial charge in [-0.2, -0.15) is 0 Å². The lowest BCUT2D eigenvalue weighted by Gasteiger charge is -2.29. The van der Waals surface area contributed by atoms with E-state index in [4.69, 9.17) is 4.74 Å². The number of para-hydroxylation sites is 1. The summed E-state index contributed by atoms with van der Waals surface area (Å²) >= 11 is 0. The highest BCUT2D eigenvalue weighted by molar-refractivity contribution is 6.01. The first-order valence-electron chi connectivity index (χ1n) is 10.5. The molecule has 1 aliphatic rings. The highest BCUT2D eigenvalue weighted by atomic mass is 16.5. The van der Waals surface area contributed by atoms with Crippen LogP contribution in [0.5, 0.6) is 0 Å². The number of likely N-dealkylation sites (N-methyl/N-ethyl adjacent to an activating group) is 1. The predicted octanol–water partition coefficient (Wildman–Crippen LogP) is 3.57. The Morgan fingerprint density at radius 2 is 1.87 bits per heavy atom. The smallest absolute Gasteiger partial charge is 0.339 e. The van der Waals surface area contributed by atoms with Crippen LogP contribution in [0.2, 0.25) is 0 Å². The van der Waals surface area contributed by atoms with Gasteiger partial charge in [-0.1, -0.05) is 49.4 Å². The molecule has 1 saturated heterocycles. The number of methoxy groups -OCH3 is 1. The maximum atomic E-state index is 12.7. The number of carbonyl (C=O) groups excluding carboxylic acids is 2. The van der Waals surface area contributed by atoms with E-state index in [0.29, 0.717) is 29.9 Å². The fourth-order valence-electron chi connectivity index (χ4n) is 4.11. The Morgan fingerprint density at radius 1 is 1.17 bits per heavy atom. The van der Waals surface area contributed by atoms with Gasteiger partial charge in [-0.3, -0.25) is 14.6 Å². The van der Waals surface area contributed by atoms with E-state index in [0.717, 1.165) is 26.1 Å². The number of hydrogen-bond acceptors (Lipinski definition) is 5. The van der Waals surface area contributed by atoms with Gasteiger partial charge in [-0.15, -0.1) is 0 Å². The van der Waals surface area contributed by atoms with Crippen LogP contribution in [-0.2, 0) is 9.53 Å². The van der Waals surface area contributed by atoms with Gasteiger partial charge in [0.1, 0.15) is 0 Å². The van der Waals surface area contributed by atoms with Gasteiger partial charge in [0.25, 0.3) is 0 Å². The second-order valence-corrected chi connectivity index (χ2v) is 7.67. The maximum Gasteiger partial charge on any atom is 0.339 e. The Hall–Kier alpha value is -2.70. The van der Waals surface area contributed by atoms with Crippen LogP contribution in [0.1, 0.15) is 42.2 Å². The number of esters is 1. The Bertz CT molecular complexity index is 856. The van der Waals surface area contributed by atoms with Crippen molar-refractivity contribution < 1.29 is 14.3 Å². The van der Waals surface area contributed by atoms with Crippen LogP contribution < -0.4 is 5.32 Å².